The number of anilines is 1. The quantitative estimate of drug-likeness (QED) is 0.795. The lowest BCUT2D eigenvalue weighted by Gasteiger charge is -2.12. The minimum absolute atomic E-state index is 0.196. The molecule has 0 atom stereocenters. The zero-order valence-corrected chi connectivity index (χ0v) is 10.8. The molecule has 4 heteroatoms. The molecule has 0 aliphatic rings. The minimum Gasteiger partial charge on any atom is -0.398 e. The number of amides is 1. The Kier molecular flexibility index (Phi) is 3.10. The molecule has 0 spiro atoms. The Bertz CT molecular complexity index is 580. The second kappa shape index (κ2) is 4.56. The Morgan fingerprint density at radius 3 is 2.33 bits per heavy atom. The molecule has 0 bridgehead atoms. The van der Waals surface area contributed by atoms with E-state index in [1.807, 2.05) is 39.0 Å². The molecule has 0 unspecified atom stereocenters. The summed E-state index contributed by atoms with van der Waals surface area (Å²) in [6.45, 7) is 5.81. The molecular weight excluding hydrogens is 226 g/mol. The molecule has 4 nitrogen and oxygen atoms in total. The minimum atomic E-state index is -0.196. The van der Waals surface area contributed by atoms with Gasteiger partial charge in [0.2, 0.25) is 0 Å². The fourth-order valence-electron chi connectivity index (χ4n) is 1.87. The first kappa shape index (κ1) is 12.2. The highest BCUT2D eigenvalue weighted by Crippen LogP contribution is 2.14. The van der Waals surface area contributed by atoms with Gasteiger partial charge in [-0.05, 0) is 45.0 Å². The smallest absolute Gasteiger partial charge is 0.272 e. The van der Waals surface area contributed by atoms with Gasteiger partial charge >= 0.3 is 0 Å². The highest BCUT2D eigenvalue weighted by molar-refractivity contribution is 6.04. The Labute approximate surface area is 106 Å². The van der Waals surface area contributed by atoms with E-state index >= 15 is 0 Å². The van der Waals surface area contributed by atoms with Gasteiger partial charge in [-0.15, -0.1) is 0 Å². The first-order valence-corrected chi connectivity index (χ1v) is 5.81. The van der Waals surface area contributed by atoms with E-state index in [-0.39, 0.29) is 5.91 Å². The molecule has 0 aliphatic carbocycles. The van der Waals surface area contributed by atoms with Crippen molar-refractivity contribution in [2.75, 3.05) is 11.2 Å². The molecule has 0 radical (unpaired) electrons. The van der Waals surface area contributed by atoms with Crippen molar-refractivity contribution in [1.29, 1.82) is 0 Å². The SMILES string of the molecule is Cc1ccc(N)c(C(=O)Nn2c(C)ccc2C)c1. The van der Waals surface area contributed by atoms with Crippen LogP contribution in [0.1, 0.15) is 27.3 Å². The van der Waals surface area contributed by atoms with Crippen molar-refractivity contribution >= 4 is 11.6 Å². The van der Waals surface area contributed by atoms with Crippen LogP contribution in [0.4, 0.5) is 5.69 Å². The molecule has 94 valence electrons. The average Bonchev–Trinajstić information content (AvgIpc) is 2.64. The van der Waals surface area contributed by atoms with E-state index in [1.165, 1.54) is 0 Å². The van der Waals surface area contributed by atoms with Gasteiger partial charge in [0.25, 0.3) is 5.91 Å². The summed E-state index contributed by atoms with van der Waals surface area (Å²) in [6, 6.07) is 9.33. The largest absolute Gasteiger partial charge is 0.398 e. The fourth-order valence-corrected chi connectivity index (χ4v) is 1.87. The number of benzene rings is 1. The molecule has 1 aromatic heterocycles. The number of carbonyl (C=O) groups is 1. The molecule has 2 aromatic rings. The van der Waals surface area contributed by atoms with Crippen molar-refractivity contribution in [3.8, 4) is 0 Å². The van der Waals surface area contributed by atoms with Crippen molar-refractivity contribution in [3.05, 3.63) is 52.8 Å². The third kappa shape index (κ3) is 2.22. The maximum Gasteiger partial charge on any atom is 0.272 e. The number of hydrogen-bond acceptors (Lipinski definition) is 2. The van der Waals surface area contributed by atoms with Crippen molar-refractivity contribution < 1.29 is 4.79 Å². The number of carbonyl (C=O) groups excluding carboxylic acids is 1. The summed E-state index contributed by atoms with van der Waals surface area (Å²) in [6.07, 6.45) is 0. The molecule has 2 rings (SSSR count). The number of rotatable bonds is 2. The van der Waals surface area contributed by atoms with E-state index in [1.54, 1.807) is 16.8 Å². The topological polar surface area (TPSA) is 60.1 Å². The summed E-state index contributed by atoms with van der Waals surface area (Å²) in [4.78, 5) is 12.2. The molecule has 0 saturated carbocycles. The van der Waals surface area contributed by atoms with Crippen molar-refractivity contribution in [2.24, 2.45) is 0 Å². The molecule has 3 N–H and O–H groups in total. The van der Waals surface area contributed by atoms with Gasteiger partial charge in [-0.3, -0.25) is 14.9 Å². The first-order valence-electron chi connectivity index (χ1n) is 5.81. The van der Waals surface area contributed by atoms with E-state index in [0.717, 1.165) is 17.0 Å². The van der Waals surface area contributed by atoms with Gasteiger partial charge in [0.15, 0.2) is 0 Å². The van der Waals surface area contributed by atoms with Crippen LogP contribution in [-0.4, -0.2) is 10.6 Å². The summed E-state index contributed by atoms with van der Waals surface area (Å²) >= 11 is 0. The Morgan fingerprint density at radius 2 is 1.72 bits per heavy atom. The summed E-state index contributed by atoms with van der Waals surface area (Å²) in [5.74, 6) is -0.196. The van der Waals surface area contributed by atoms with Crippen LogP contribution < -0.4 is 11.2 Å². The highest BCUT2D eigenvalue weighted by Gasteiger charge is 2.11. The maximum absolute atomic E-state index is 12.2. The number of aryl methyl sites for hydroxylation is 3. The van der Waals surface area contributed by atoms with E-state index in [0.29, 0.717) is 11.3 Å². The maximum atomic E-state index is 12.2. The highest BCUT2D eigenvalue weighted by atomic mass is 16.2. The number of nitrogen functional groups attached to an aromatic ring is 1. The summed E-state index contributed by atoms with van der Waals surface area (Å²) in [5.41, 5.74) is 12.6. The molecule has 1 amide bonds. The van der Waals surface area contributed by atoms with Gasteiger partial charge in [-0.25, -0.2) is 0 Å². The Hall–Kier alpha value is -2.23. The monoisotopic (exact) mass is 243 g/mol. The Morgan fingerprint density at radius 1 is 1.11 bits per heavy atom. The van der Waals surface area contributed by atoms with Gasteiger partial charge in [-0.2, -0.15) is 0 Å². The van der Waals surface area contributed by atoms with E-state index in [4.69, 9.17) is 5.73 Å². The lowest BCUT2D eigenvalue weighted by atomic mass is 10.1. The van der Waals surface area contributed by atoms with Gasteiger partial charge in [0, 0.05) is 17.1 Å². The number of nitrogens with one attached hydrogen (secondary N) is 1. The third-order valence-corrected chi connectivity index (χ3v) is 2.94. The van der Waals surface area contributed by atoms with Crippen molar-refractivity contribution in [2.45, 2.75) is 20.8 Å². The van der Waals surface area contributed by atoms with Gasteiger partial charge in [0.1, 0.15) is 0 Å². The summed E-state index contributed by atoms with van der Waals surface area (Å²) < 4.78 is 1.75. The second-order valence-electron chi connectivity index (χ2n) is 4.48. The van der Waals surface area contributed by atoms with Gasteiger partial charge in [-0.1, -0.05) is 11.6 Å². The Balaban J connectivity index is 2.30. The zero-order valence-electron chi connectivity index (χ0n) is 10.8. The van der Waals surface area contributed by atoms with Crippen LogP contribution in [0.5, 0.6) is 0 Å². The predicted octanol–water partition coefficient (Wildman–Crippen LogP) is 2.38. The molecule has 0 fully saturated rings. The average molecular weight is 243 g/mol. The van der Waals surface area contributed by atoms with Crippen LogP contribution in [0, 0.1) is 20.8 Å². The molecule has 0 saturated heterocycles. The van der Waals surface area contributed by atoms with Crippen LogP contribution in [0.3, 0.4) is 0 Å². The standard InChI is InChI=1S/C14H17N3O/c1-9-4-7-13(15)12(8-9)14(18)16-17-10(2)5-6-11(17)3/h4-8H,15H2,1-3H3,(H,16,18). The predicted molar refractivity (Wildman–Crippen MR) is 73.2 cm³/mol. The third-order valence-electron chi connectivity index (χ3n) is 2.94. The van der Waals surface area contributed by atoms with Crippen LogP contribution >= 0.6 is 0 Å². The second-order valence-corrected chi connectivity index (χ2v) is 4.48. The van der Waals surface area contributed by atoms with E-state index in [2.05, 4.69) is 5.43 Å². The number of aromatic nitrogens is 1. The molecule has 1 aromatic carbocycles. The molecule has 1 heterocycles. The van der Waals surface area contributed by atoms with Gasteiger partial charge in [0.05, 0.1) is 5.56 Å². The molecule has 18 heavy (non-hydrogen) atoms. The lowest BCUT2D eigenvalue weighted by Crippen LogP contribution is -2.25. The molecule has 0 aliphatic heterocycles. The fraction of sp³-hybridized carbons (Fsp3) is 0.214. The summed E-state index contributed by atoms with van der Waals surface area (Å²) in [7, 11) is 0. The number of nitrogens with two attached hydrogens (primary N) is 1. The number of hydrogen-bond donors (Lipinski definition) is 2. The van der Waals surface area contributed by atoms with Crippen LogP contribution in [-0.2, 0) is 0 Å². The van der Waals surface area contributed by atoms with Crippen molar-refractivity contribution in [1.82, 2.24) is 4.68 Å². The molecular formula is C14H17N3O. The van der Waals surface area contributed by atoms with Crippen LogP contribution in [0.15, 0.2) is 30.3 Å². The zero-order chi connectivity index (χ0) is 13.3. The van der Waals surface area contributed by atoms with Crippen LogP contribution in [0.2, 0.25) is 0 Å². The summed E-state index contributed by atoms with van der Waals surface area (Å²) in [5, 5.41) is 0. The van der Waals surface area contributed by atoms with Crippen molar-refractivity contribution in [3.63, 3.8) is 0 Å². The van der Waals surface area contributed by atoms with Gasteiger partial charge < -0.3 is 5.73 Å². The number of nitrogens with zero attached hydrogens (tertiary/aromatic N) is 1. The van der Waals surface area contributed by atoms with E-state index < -0.39 is 0 Å². The van der Waals surface area contributed by atoms with Crippen LogP contribution in [0.25, 0.3) is 0 Å². The lowest BCUT2D eigenvalue weighted by molar-refractivity contribution is 0.101. The van der Waals surface area contributed by atoms with E-state index in [9.17, 15) is 4.79 Å². The normalized spacial score (nSPS) is 10.4. The first-order chi connectivity index (χ1) is 8.49.